The second-order valence-electron chi connectivity index (χ2n) is 8.16. The van der Waals surface area contributed by atoms with E-state index in [9.17, 15) is 18.1 Å². The van der Waals surface area contributed by atoms with Crippen LogP contribution in [-0.4, -0.2) is 25.7 Å². The molecule has 184 valence electrons. The highest BCUT2D eigenvalue weighted by molar-refractivity contribution is 7.93. The molecule has 0 atom stereocenters. The second kappa shape index (κ2) is 9.37. The summed E-state index contributed by atoms with van der Waals surface area (Å²) in [6.45, 7) is 1.64. The third kappa shape index (κ3) is 4.26. The Kier molecular flexibility index (Phi) is 6.07. The summed E-state index contributed by atoms with van der Waals surface area (Å²) in [6, 6.07) is 17.3. The molecular formula is C27H19FN4O4S. The van der Waals surface area contributed by atoms with Gasteiger partial charge in [0.15, 0.2) is 5.82 Å². The zero-order valence-corrected chi connectivity index (χ0v) is 20.5. The van der Waals surface area contributed by atoms with Gasteiger partial charge in [-0.1, -0.05) is 23.4 Å². The molecule has 5 rings (SSSR count). The predicted molar refractivity (Wildman–Crippen MR) is 135 cm³/mol. The Balaban J connectivity index is 1.73. The summed E-state index contributed by atoms with van der Waals surface area (Å²) < 4.78 is 53.8. The van der Waals surface area contributed by atoms with Crippen molar-refractivity contribution in [2.24, 2.45) is 0 Å². The first-order valence-electron chi connectivity index (χ1n) is 11.0. The number of rotatable bonds is 6. The van der Waals surface area contributed by atoms with Crippen LogP contribution in [0.4, 0.5) is 15.9 Å². The largest absolute Gasteiger partial charge is 0.495 e. The van der Waals surface area contributed by atoms with Gasteiger partial charge in [0.05, 0.1) is 23.6 Å². The van der Waals surface area contributed by atoms with Crippen LogP contribution in [-0.2, 0) is 10.0 Å². The van der Waals surface area contributed by atoms with Gasteiger partial charge in [-0.05, 0) is 59.8 Å². The van der Waals surface area contributed by atoms with Gasteiger partial charge in [-0.25, -0.2) is 17.1 Å². The van der Waals surface area contributed by atoms with Gasteiger partial charge in [0.1, 0.15) is 23.5 Å². The van der Waals surface area contributed by atoms with Gasteiger partial charge >= 0.3 is 0 Å². The Labute approximate surface area is 212 Å². The van der Waals surface area contributed by atoms with Gasteiger partial charge in [-0.15, -0.1) is 0 Å². The summed E-state index contributed by atoms with van der Waals surface area (Å²) in [7, 11) is -2.90. The monoisotopic (exact) mass is 514 g/mol. The Morgan fingerprint density at radius 3 is 2.59 bits per heavy atom. The average Bonchev–Trinajstić information content (AvgIpc) is 3.44. The minimum absolute atomic E-state index is 0.0144. The Morgan fingerprint density at radius 2 is 1.89 bits per heavy atom. The maximum absolute atomic E-state index is 14.3. The van der Waals surface area contributed by atoms with E-state index in [2.05, 4.69) is 16.2 Å². The fourth-order valence-corrected chi connectivity index (χ4v) is 5.47. The zero-order chi connectivity index (χ0) is 26.2. The molecule has 0 N–H and O–H groups in total. The van der Waals surface area contributed by atoms with E-state index < -0.39 is 15.8 Å². The number of aryl methyl sites for hydroxylation is 1. The molecule has 8 nitrogen and oxygen atoms in total. The maximum atomic E-state index is 14.3. The molecule has 2 aromatic heterocycles. The molecule has 5 aromatic rings. The number of hydrogen-bond donors (Lipinski definition) is 0. The summed E-state index contributed by atoms with van der Waals surface area (Å²) in [6.07, 6.45) is 4.45. The molecule has 0 radical (unpaired) electrons. The minimum atomic E-state index is -4.27. The van der Waals surface area contributed by atoms with Crippen LogP contribution in [0.15, 0.2) is 88.7 Å². The van der Waals surface area contributed by atoms with Crippen LogP contribution in [0.25, 0.3) is 21.9 Å². The van der Waals surface area contributed by atoms with Crippen LogP contribution in [0.1, 0.15) is 11.1 Å². The minimum Gasteiger partial charge on any atom is -0.495 e. The predicted octanol–water partition coefficient (Wildman–Crippen LogP) is 5.74. The van der Waals surface area contributed by atoms with E-state index in [1.165, 1.54) is 49.8 Å². The lowest BCUT2D eigenvalue weighted by molar-refractivity contribution is 0.414. The lowest BCUT2D eigenvalue weighted by atomic mass is 9.98. The van der Waals surface area contributed by atoms with Crippen molar-refractivity contribution in [3.8, 4) is 22.9 Å². The Bertz CT molecular complexity index is 1780. The number of methoxy groups -OCH3 is 1. The van der Waals surface area contributed by atoms with Crippen LogP contribution >= 0.6 is 0 Å². The summed E-state index contributed by atoms with van der Waals surface area (Å²) in [4.78, 5) is 4.05. The van der Waals surface area contributed by atoms with Crippen molar-refractivity contribution in [1.82, 2.24) is 10.1 Å². The highest BCUT2D eigenvalue weighted by Gasteiger charge is 2.32. The first-order chi connectivity index (χ1) is 17.8. The van der Waals surface area contributed by atoms with Crippen LogP contribution < -0.4 is 9.04 Å². The average molecular weight is 515 g/mol. The molecule has 0 bridgehead atoms. The lowest BCUT2D eigenvalue weighted by Gasteiger charge is -2.24. The van der Waals surface area contributed by atoms with E-state index >= 15 is 0 Å². The van der Waals surface area contributed by atoms with Crippen molar-refractivity contribution in [3.63, 3.8) is 0 Å². The number of fused-ring (bicyclic) bond motifs is 1. The molecule has 0 saturated carbocycles. The van der Waals surface area contributed by atoms with Gasteiger partial charge in [-0.2, -0.15) is 5.26 Å². The molecule has 2 heterocycles. The molecule has 0 saturated heterocycles. The number of benzene rings is 3. The van der Waals surface area contributed by atoms with Crippen molar-refractivity contribution in [2.45, 2.75) is 11.8 Å². The first kappa shape index (κ1) is 24.0. The number of halogens is 1. The Hall–Kier alpha value is -4.75. The summed E-state index contributed by atoms with van der Waals surface area (Å²) in [5.41, 5.74) is 1.45. The van der Waals surface area contributed by atoms with Crippen LogP contribution in [0.5, 0.6) is 5.75 Å². The van der Waals surface area contributed by atoms with Gasteiger partial charge in [0.2, 0.25) is 0 Å². The molecule has 10 heteroatoms. The quantitative estimate of drug-likeness (QED) is 0.284. The highest BCUT2D eigenvalue weighted by atomic mass is 32.2. The highest BCUT2D eigenvalue weighted by Crippen LogP contribution is 2.42. The first-order valence-corrected chi connectivity index (χ1v) is 12.5. The van der Waals surface area contributed by atoms with E-state index in [1.54, 1.807) is 43.6 Å². The third-order valence-corrected chi connectivity index (χ3v) is 7.64. The van der Waals surface area contributed by atoms with E-state index in [1.807, 2.05) is 0 Å². The second-order valence-corrected chi connectivity index (χ2v) is 9.94. The summed E-state index contributed by atoms with van der Waals surface area (Å²) >= 11 is 0. The van der Waals surface area contributed by atoms with Crippen molar-refractivity contribution >= 4 is 32.3 Å². The van der Waals surface area contributed by atoms with Crippen LogP contribution in [0.3, 0.4) is 0 Å². The molecule has 0 amide bonds. The number of hydrogen-bond acceptors (Lipinski definition) is 7. The van der Waals surface area contributed by atoms with Gasteiger partial charge in [0, 0.05) is 29.4 Å². The SMILES string of the molecule is COc1cc(-c2ccc(C)c(F)c2)c(C#N)cc1N(c1ccon1)S(=O)(=O)c1ccc2cnccc2c1. The van der Waals surface area contributed by atoms with Crippen molar-refractivity contribution in [1.29, 1.82) is 5.26 Å². The number of ether oxygens (including phenoxy) is 1. The van der Waals surface area contributed by atoms with E-state index in [0.29, 0.717) is 22.1 Å². The van der Waals surface area contributed by atoms with Gasteiger partial charge in [-0.3, -0.25) is 4.98 Å². The number of nitriles is 1. The van der Waals surface area contributed by atoms with Crippen molar-refractivity contribution in [2.75, 3.05) is 11.4 Å². The van der Waals surface area contributed by atoms with Crippen LogP contribution in [0.2, 0.25) is 0 Å². The van der Waals surface area contributed by atoms with Crippen LogP contribution in [0, 0.1) is 24.1 Å². The molecule has 0 fully saturated rings. The summed E-state index contributed by atoms with van der Waals surface area (Å²) in [5.74, 6) is -0.333. The van der Waals surface area contributed by atoms with Gasteiger partial charge in [0.25, 0.3) is 10.0 Å². The molecule has 3 aromatic carbocycles. The molecule has 0 aliphatic heterocycles. The fourth-order valence-electron chi connectivity index (χ4n) is 4.00. The number of nitrogens with zero attached hydrogens (tertiary/aromatic N) is 4. The lowest BCUT2D eigenvalue weighted by Crippen LogP contribution is -2.27. The Morgan fingerprint density at radius 1 is 1.05 bits per heavy atom. The molecular weight excluding hydrogens is 495 g/mol. The van der Waals surface area contributed by atoms with E-state index in [4.69, 9.17) is 9.26 Å². The zero-order valence-electron chi connectivity index (χ0n) is 19.7. The number of pyridine rings is 1. The fraction of sp³-hybridized carbons (Fsp3) is 0.0741. The van der Waals surface area contributed by atoms with E-state index in [0.717, 1.165) is 9.69 Å². The molecule has 0 unspecified atom stereocenters. The van der Waals surface area contributed by atoms with Crippen molar-refractivity contribution < 1.29 is 22.1 Å². The summed E-state index contributed by atoms with van der Waals surface area (Å²) in [5, 5.41) is 15.3. The normalized spacial score (nSPS) is 11.3. The van der Waals surface area contributed by atoms with E-state index in [-0.39, 0.29) is 27.7 Å². The number of sulfonamides is 1. The van der Waals surface area contributed by atoms with Crippen molar-refractivity contribution in [3.05, 3.63) is 96.3 Å². The maximum Gasteiger partial charge on any atom is 0.270 e. The molecule has 0 aliphatic carbocycles. The number of aromatic nitrogens is 2. The third-order valence-electron chi connectivity index (χ3n) is 5.92. The smallest absolute Gasteiger partial charge is 0.270 e. The van der Waals surface area contributed by atoms with Gasteiger partial charge < -0.3 is 9.26 Å². The topological polar surface area (TPSA) is 109 Å². The number of anilines is 2. The standard InChI is InChI=1S/C27H19FN4O4S/c1-17-3-4-19(12-24(17)28)23-14-26(35-2)25(13-21(23)15-29)32(27-8-10-36-31-27)37(33,34)22-6-5-20-16-30-9-7-18(20)11-22/h3-14,16H,1-2H3. The molecule has 0 aliphatic rings. The molecule has 37 heavy (non-hydrogen) atoms. The molecule has 0 spiro atoms.